The van der Waals surface area contributed by atoms with Crippen molar-refractivity contribution in [2.75, 3.05) is 24.0 Å². The Hall–Kier alpha value is -3.86. The van der Waals surface area contributed by atoms with Gasteiger partial charge < -0.3 is 20.3 Å². The first-order chi connectivity index (χ1) is 20.3. The molecule has 0 saturated heterocycles. The number of hydrazine groups is 2. The number of nitrogens with zero attached hydrogens (tertiary/aromatic N) is 2. The predicted octanol–water partition coefficient (Wildman–Crippen LogP) is 5.52. The van der Waals surface area contributed by atoms with E-state index >= 15 is 0 Å². The summed E-state index contributed by atoms with van der Waals surface area (Å²) in [6.45, 7) is 5.60. The fourth-order valence-corrected chi connectivity index (χ4v) is 7.50. The molecule has 42 heavy (non-hydrogen) atoms. The molecule has 2 aliphatic heterocycles. The number of fused-ring (bicyclic) bond motifs is 3. The van der Waals surface area contributed by atoms with E-state index in [2.05, 4.69) is 64.3 Å². The molecular formula is C32H35N5O4S. The highest BCUT2D eigenvalue weighted by molar-refractivity contribution is 7.17. The minimum atomic E-state index is -0.832. The van der Waals surface area contributed by atoms with Gasteiger partial charge in [0.25, 0.3) is 0 Å². The number of anilines is 2. The fraction of sp³-hybridized carbons (Fsp3) is 0.375. The fourth-order valence-electron chi connectivity index (χ4n) is 6.61. The molecule has 0 amide bonds. The Labute approximate surface area is 248 Å². The summed E-state index contributed by atoms with van der Waals surface area (Å²) in [7, 11) is 1.94. The number of benzene rings is 2. The van der Waals surface area contributed by atoms with Gasteiger partial charge in [0.1, 0.15) is 11.9 Å². The zero-order valence-corrected chi connectivity index (χ0v) is 24.8. The molecule has 3 aliphatic rings. The number of hydrogen-bond acceptors (Lipinski definition) is 8. The van der Waals surface area contributed by atoms with Crippen LogP contribution in [-0.4, -0.2) is 40.7 Å². The summed E-state index contributed by atoms with van der Waals surface area (Å²) in [5.74, 6) is 0.139. The van der Waals surface area contributed by atoms with E-state index < -0.39 is 5.97 Å². The largest absolute Gasteiger partial charge is 0.487 e. The number of H-pyrrole nitrogens is 1. The van der Waals surface area contributed by atoms with Crippen molar-refractivity contribution in [3.05, 3.63) is 86.1 Å². The summed E-state index contributed by atoms with van der Waals surface area (Å²) >= 11 is 1.71. The third kappa shape index (κ3) is 4.83. The maximum absolute atomic E-state index is 12.3. The molecule has 0 bridgehead atoms. The van der Waals surface area contributed by atoms with E-state index in [1.54, 1.807) is 17.4 Å². The highest BCUT2D eigenvalue weighted by Gasteiger charge is 2.39. The summed E-state index contributed by atoms with van der Waals surface area (Å²) in [4.78, 5) is 30.0. The Morgan fingerprint density at radius 2 is 2.02 bits per heavy atom. The molecule has 2 aromatic carbocycles. The van der Waals surface area contributed by atoms with Crippen molar-refractivity contribution in [3.8, 4) is 5.75 Å². The van der Waals surface area contributed by atoms with E-state index in [1.165, 1.54) is 10.8 Å². The molecule has 3 atom stereocenters. The zero-order chi connectivity index (χ0) is 29.1. The number of ether oxygens (including phenoxy) is 1. The Morgan fingerprint density at radius 3 is 2.81 bits per heavy atom. The lowest BCUT2D eigenvalue weighted by Gasteiger charge is -2.29. The summed E-state index contributed by atoms with van der Waals surface area (Å²) in [5, 5.41) is 15.2. The first-order valence-corrected chi connectivity index (χ1v) is 15.4. The second-order valence-electron chi connectivity index (χ2n) is 11.8. The quantitative estimate of drug-likeness (QED) is 0.225. The number of thiophene rings is 1. The van der Waals surface area contributed by atoms with Gasteiger partial charge in [-0.1, -0.05) is 12.1 Å². The predicted molar refractivity (Wildman–Crippen MR) is 165 cm³/mol. The molecular weight excluding hydrogens is 550 g/mol. The maximum Gasteiger partial charge on any atom is 0.304 e. The molecule has 7 rings (SSSR count). The van der Waals surface area contributed by atoms with Gasteiger partial charge in [-0.2, -0.15) is 0 Å². The normalized spacial score (nSPS) is 20.9. The lowest BCUT2D eigenvalue weighted by Crippen LogP contribution is -2.35. The van der Waals surface area contributed by atoms with E-state index in [0.717, 1.165) is 69.8 Å². The minimum Gasteiger partial charge on any atom is -0.487 e. The van der Waals surface area contributed by atoms with Gasteiger partial charge in [-0.15, -0.1) is 16.9 Å². The topological polar surface area (TPSA) is 110 Å². The van der Waals surface area contributed by atoms with Crippen LogP contribution in [0, 0.1) is 12.8 Å². The van der Waals surface area contributed by atoms with Crippen LogP contribution in [-0.2, 0) is 11.3 Å². The highest BCUT2D eigenvalue weighted by atomic mass is 32.1. The van der Waals surface area contributed by atoms with Crippen LogP contribution in [0.1, 0.15) is 66.1 Å². The average Bonchev–Trinajstić information content (AvgIpc) is 3.61. The van der Waals surface area contributed by atoms with Gasteiger partial charge >= 0.3 is 5.97 Å². The number of aromatic amines is 1. The van der Waals surface area contributed by atoms with E-state index in [4.69, 9.17) is 4.74 Å². The maximum atomic E-state index is 12.3. The molecule has 0 radical (unpaired) electrons. The third-order valence-electron chi connectivity index (χ3n) is 9.09. The third-order valence-corrected chi connectivity index (χ3v) is 10.1. The molecule has 4 heterocycles. The van der Waals surface area contributed by atoms with E-state index in [0.29, 0.717) is 12.5 Å². The Morgan fingerprint density at radius 1 is 1.19 bits per heavy atom. The van der Waals surface area contributed by atoms with Gasteiger partial charge in [0.2, 0.25) is 5.56 Å². The summed E-state index contributed by atoms with van der Waals surface area (Å²) < 4.78 is 7.68. The van der Waals surface area contributed by atoms with Crippen molar-refractivity contribution in [1.29, 1.82) is 0 Å². The number of carbonyl (C=O) groups is 1. The van der Waals surface area contributed by atoms with Gasteiger partial charge in [-0.05, 0) is 89.9 Å². The zero-order valence-electron chi connectivity index (χ0n) is 23.9. The van der Waals surface area contributed by atoms with Crippen LogP contribution in [0.15, 0.2) is 52.6 Å². The van der Waals surface area contributed by atoms with Crippen molar-refractivity contribution in [1.82, 2.24) is 15.4 Å². The number of pyridine rings is 1. The van der Waals surface area contributed by atoms with Crippen LogP contribution in [0.5, 0.6) is 5.75 Å². The number of hydrogen-bond donors (Lipinski definition) is 4. The minimum absolute atomic E-state index is 0.00962. The van der Waals surface area contributed by atoms with Crippen molar-refractivity contribution < 1.29 is 14.6 Å². The van der Waals surface area contributed by atoms with Gasteiger partial charge in [0.15, 0.2) is 0 Å². The van der Waals surface area contributed by atoms with Crippen LogP contribution in [0.3, 0.4) is 0 Å². The second kappa shape index (κ2) is 10.4. The van der Waals surface area contributed by atoms with Gasteiger partial charge in [0, 0.05) is 36.8 Å². The number of aliphatic carboxylic acids is 1. The van der Waals surface area contributed by atoms with Gasteiger partial charge in [-0.25, -0.2) is 0 Å². The first kappa shape index (κ1) is 27.0. The summed E-state index contributed by atoms with van der Waals surface area (Å²) in [5.41, 5.74) is 13.2. The second-order valence-corrected chi connectivity index (χ2v) is 12.8. The first-order valence-electron chi connectivity index (χ1n) is 14.5. The molecule has 4 aromatic rings. The van der Waals surface area contributed by atoms with Crippen molar-refractivity contribution >= 4 is 38.8 Å². The van der Waals surface area contributed by atoms with Crippen molar-refractivity contribution in [2.24, 2.45) is 5.92 Å². The average molecular weight is 586 g/mol. The van der Waals surface area contributed by atoms with Crippen molar-refractivity contribution in [3.63, 3.8) is 0 Å². The van der Waals surface area contributed by atoms with E-state index in [9.17, 15) is 14.7 Å². The summed E-state index contributed by atoms with van der Waals surface area (Å²) in [6.07, 6.45) is 2.38. The number of rotatable bonds is 7. The number of nitrogens with one attached hydrogen (secondary N) is 3. The smallest absolute Gasteiger partial charge is 0.304 e. The van der Waals surface area contributed by atoms with Gasteiger partial charge in [-0.3, -0.25) is 19.5 Å². The monoisotopic (exact) mass is 585 g/mol. The Balaban J connectivity index is 1.30. The van der Waals surface area contributed by atoms with Gasteiger partial charge in [0.05, 0.1) is 29.5 Å². The molecule has 1 saturated carbocycles. The lowest BCUT2D eigenvalue weighted by atomic mass is 9.84. The number of carboxylic acid groups (broad SMARTS) is 1. The van der Waals surface area contributed by atoms with Crippen LogP contribution in [0.2, 0.25) is 0 Å². The summed E-state index contributed by atoms with van der Waals surface area (Å²) in [6, 6.07) is 13.9. The lowest BCUT2D eigenvalue weighted by molar-refractivity contribution is -0.137. The van der Waals surface area contributed by atoms with E-state index in [-0.39, 0.29) is 30.0 Å². The van der Waals surface area contributed by atoms with Crippen LogP contribution in [0.25, 0.3) is 10.1 Å². The molecule has 1 fully saturated rings. The molecule has 10 heteroatoms. The van der Waals surface area contributed by atoms with Crippen LogP contribution < -0.4 is 26.3 Å². The molecule has 218 valence electrons. The number of aromatic nitrogens is 1. The Kier molecular flexibility index (Phi) is 6.72. The van der Waals surface area contributed by atoms with Crippen LogP contribution in [0.4, 0.5) is 11.4 Å². The SMILES string of the molecule is Cc1c([C@H](CC(=O)O)c2cc(CN3C[C@@H](C4CC4)Oc4ccc(=O)[nH]c4C3C)c3sccc3c2)ccc2c1NNN2C. The van der Waals surface area contributed by atoms with Crippen LogP contribution >= 0.6 is 11.3 Å². The standard InChI is InChI=1S/C32H35N5O4S/c1-17-23(6-7-25-30(17)34-35-36(25)3)24(14-29(39)40)21-12-20-10-11-42-32(20)22(13-21)15-37-16-27(19-4-5-19)41-26-8-9-28(38)33-31(26)18(37)2/h6-13,18-19,24,27,34-35H,4-5,14-16H2,1-3H3,(H,33,38)(H,39,40)/t18?,24-,27+/m1/s1. The Bertz CT molecular complexity index is 1740. The molecule has 1 unspecified atom stereocenters. The molecule has 4 N–H and O–H groups in total. The highest BCUT2D eigenvalue weighted by Crippen LogP contribution is 2.43. The van der Waals surface area contributed by atoms with E-state index in [1.807, 2.05) is 18.1 Å². The van der Waals surface area contributed by atoms with Crippen molar-refractivity contribution in [2.45, 2.75) is 57.7 Å². The molecule has 9 nitrogen and oxygen atoms in total. The number of carboxylic acids is 1. The molecule has 1 aliphatic carbocycles. The molecule has 2 aromatic heterocycles. The molecule has 0 spiro atoms.